The molecule has 0 saturated heterocycles. The van der Waals surface area contributed by atoms with E-state index in [0.29, 0.717) is 0 Å². The van der Waals surface area contributed by atoms with E-state index in [9.17, 15) is 0 Å². The molecule has 2 rings (SSSR count). The van der Waals surface area contributed by atoms with Crippen LogP contribution in [0.2, 0.25) is 5.02 Å². The van der Waals surface area contributed by atoms with Crippen molar-refractivity contribution in [1.29, 1.82) is 0 Å². The first-order valence-corrected chi connectivity index (χ1v) is 7.99. The molecule has 106 valence electrons. The van der Waals surface area contributed by atoms with E-state index >= 15 is 0 Å². The number of nitrogens with one attached hydrogen (secondary N) is 1. The third kappa shape index (κ3) is 3.37. The van der Waals surface area contributed by atoms with Gasteiger partial charge in [0, 0.05) is 19.5 Å². The van der Waals surface area contributed by atoms with Crippen LogP contribution in [0, 0.1) is 0 Å². The Morgan fingerprint density at radius 1 is 1.05 bits per heavy atom. The second kappa shape index (κ2) is 6.94. The second-order valence-electron chi connectivity index (χ2n) is 4.27. The summed E-state index contributed by atoms with van der Waals surface area (Å²) < 4.78 is 7.45. The van der Waals surface area contributed by atoms with Gasteiger partial charge in [-0.2, -0.15) is 0 Å². The van der Waals surface area contributed by atoms with Crippen molar-refractivity contribution in [2.24, 2.45) is 0 Å². The fraction of sp³-hybridized carbons (Fsp3) is 0.200. The quantitative estimate of drug-likeness (QED) is 0.737. The number of methoxy groups -OCH3 is 1. The molecular formula is C15H14Br2ClNO. The van der Waals surface area contributed by atoms with E-state index in [1.54, 1.807) is 7.11 Å². The van der Waals surface area contributed by atoms with E-state index in [4.69, 9.17) is 16.3 Å². The zero-order chi connectivity index (χ0) is 14.7. The number of hydrogen-bond acceptors (Lipinski definition) is 2. The fourth-order valence-corrected chi connectivity index (χ4v) is 3.13. The first kappa shape index (κ1) is 15.8. The molecule has 0 heterocycles. The molecule has 0 saturated carbocycles. The lowest BCUT2D eigenvalue weighted by Crippen LogP contribution is -2.19. The minimum atomic E-state index is -0.0487. The zero-order valence-corrected chi connectivity index (χ0v) is 15.0. The molecule has 2 aromatic carbocycles. The highest BCUT2D eigenvalue weighted by atomic mass is 79.9. The minimum Gasteiger partial charge on any atom is -0.496 e. The average Bonchev–Trinajstić information content (AvgIpc) is 2.44. The smallest absolute Gasteiger partial charge is 0.124 e. The van der Waals surface area contributed by atoms with Gasteiger partial charge >= 0.3 is 0 Å². The van der Waals surface area contributed by atoms with Gasteiger partial charge in [0.2, 0.25) is 0 Å². The number of benzene rings is 2. The predicted octanol–water partition coefficient (Wildman–Crippen LogP) is 5.18. The highest BCUT2D eigenvalue weighted by Gasteiger charge is 2.19. The van der Waals surface area contributed by atoms with Crippen LogP contribution in [-0.2, 0) is 0 Å². The van der Waals surface area contributed by atoms with Crippen molar-refractivity contribution in [1.82, 2.24) is 5.32 Å². The van der Waals surface area contributed by atoms with Crippen molar-refractivity contribution >= 4 is 43.5 Å². The number of halogens is 3. The second-order valence-corrected chi connectivity index (χ2v) is 6.51. The summed E-state index contributed by atoms with van der Waals surface area (Å²) in [7, 11) is 3.57. The molecule has 0 bridgehead atoms. The van der Waals surface area contributed by atoms with Crippen molar-refractivity contribution in [3.05, 3.63) is 61.5 Å². The van der Waals surface area contributed by atoms with Gasteiger partial charge in [0.05, 0.1) is 13.2 Å². The van der Waals surface area contributed by atoms with E-state index in [-0.39, 0.29) is 6.04 Å². The highest BCUT2D eigenvalue weighted by Crippen LogP contribution is 2.36. The van der Waals surface area contributed by atoms with E-state index in [2.05, 4.69) is 37.2 Å². The van der Waals surface area contributed by atoms with Crippen LogP contribution in [0.5, 0.6) is 5.75 Å². The van der Waals surface area contributed by atoms with Crippen LogP contribution < -0.4 is 10.1 Å². The summed E-state index contributed by atoms with van der Waals surface area (Å²) in [6.45, 7) is 0. The molecule has 0 spiro atoms. The lowest BCUT2D eigenvalue weighted by Gasteiger charge is -2.21. The molecule has 2 nitrogen and oxygen atoms in total. The van der Waals surface area contributed by atoms with Gasteiger partial charge in [-0.15, -0.1) is 0 Å². The van der Waals surface area contributed by atoms with Crippen LogP contribution in [0.25, 0.3) is 0 Å². The normalized spacial score (nSPS) is 12.2. The summed E-state index contributed by atoms with van der Waals surface area (Å²) in [5.74, 6) is 0.823. The Morgan fingerprint density at radius 3 is 2.25 bits per heavy atom. The van der Waals surface area contributed by atoms with Crippen LogP contribution >= 0.6 is 43.5 Å². The van der Waals surface area contributed by atoms with Gasteiger partial charge in [-0.05, 0) is 49.0 Å². The lowest BCUT2D eigenvalue weighted by molar-refractivity contribution is 0.405. The van der Waals surface area contributed by atoms with E-state index in [1.165, 1.54) is 0 Å². The third-order valence-electron chi connectivity index (χ3n) is 3.06. The van der Waals surface area contributed by atoms with Crippen LogP contribution in [-0.4, -0.2) is 14.2 Å². The van der Waals surface area contributed by atoms with Crippen molar-refractivity contribution in [2.45, 2.75) is 6.04 Å². The summed E-state index contributed by atoms with van der Waals surface area (Å²) in [5.41, 5.74) is 2.03. The molecular weight excluding hydrogens is 405 g/mol. The topological polar surface area (TPSA) is 21.3 Å². The van der Waals surface area contributed by atoms with Crippen LogP contribution in [0.4, 0.5) is 0 Å². The summed E-state index contributed by atoms with van der Waals surface area (Å²) in [4.78, 5) is 0. The molecule has 1 unspecified atom stereocenters. The Hall–Kier alpha value is -0.550. The maximum Gasteiger partial charge on any atom is 0.124 e. The van der Waals surface area contributed by atoms with Crippen LogP contribution in [0.15, 0.2) is 45.3 Å². The van der Waals surface area contributed by atoms with Gasteiger partial charge in [-0.25, -0.2) is 0 Å². The molecule has 20 heavy (non-hydrogen) atoms. The summed E-state index contributed by atoms with van der Waals surface area (Å²) in [6.07, 6.45) is 0. The molecule has 1 N–H and O–H groups in total. The van der Waals surface area contributed by atoms with E-state index in [1.807, 2.05) is 43.4 Å². The molecule has 0 fully saturated rings. The maximum atomic E-state index is 6.34. The fourth-order valence-electron chi connectivity index (χ4n) is 2.15. The van der Waals surface area contributed by atoms with Crippen molar-refractivity contribution in [3.63, 3.8) is 0 Å². The molecule has 0 aliphatic carbocycles. The molecule has 0 aliphatic heterocycles. The largest absolute Gasteiger partial charge is 0.496 e. The summed E-state index contributed by atoms with van der Waals surface area (Å²) >= 11 is 13.3. The summed E-state index contributed by atoms with van der Waals surface area (Å²) in [5, 5.41) is 4.02. The average molecular weight is 420 g/mol. The van der Waals surface area contributed by atoms with Gasteiger partial charge in [-0.1, -0.05) is 43.5 Å². The molecule has 0 amide bonds. The molecule has 2 aromatic rings. The Bertz CT molecular complexity index is 619. The monoisotopic (exact) mass is 417 g/mol. The summed E-state index contributed by atoms with van der Waals surface area (Å²) in [6, 6.07) is 11.7. The Morgan fingerprint density at radius 2 is 1.65 bits per heavy atom. The van der Waals surface area contributed by atoms with E-state index in [0.717, 1.165) is 30.8 Å². The van der Waals surface area contributed by atoms with Crippen molar-refractivity contribution in [3.8, 4) is 5.75 Å². The van der Waals surface area contributed by atoms with Crippen LogP contribution in [0.3, 0.4) is 0 Å². The van der Waals surface area contributed by atoms with Crippen molar-refractivity contribution < 1.29 is 4.74 Å². The van der Waals surface area contributed by atoms with Gasteiger partial charge in [0.25, 0.3) is 0 Å². The molecule has 0 radical (unpaired) electrons. The van der Waals surface area contributed by atoms with Gasteiger partial charge in [-0.3, -0.25) is 0 Å². The first-order valence-electron chi connectivity index (χ1n) is 6.02. The van der Waals surface area contributed by atoms with Gasteiger partial charge in [0.1, 0.15) is 5.75 Å². The Kier molecular flexibility index (Phi) is 5.49. The third-order valence-corrected chi connectivity index (χ3v) is 4.39. The number of hydrogen-bond donors (Lipinski definition) is 1. The Labute approximate surface area is 140 Å². The zero-order valence-electron chi connectivity index (χ0n) is 11.1. The Balaban J connectivity index is 2.57. The minimum absolute atomic E-state index is 0.0487. The number of rotatable bonds is 4. The van der Waals surface area contributed by atoms with Gasteiger partial charge < -0.3 is 10.1 Å². The molecule has 0 aromatic heterocycles. The SMILES string of the molecule is CNC(c1cc(Br)ccc1Cl)c1cc(Br)ccc1OC. The van der Waals surface area contributed by atoms with E-state index < -0.39 is 0 Å². The van der Waals surface area contributed by atoms with Gasteiger partial charge in [0.15, 0.2) is 0 Å². The van der Waals surface area contributed by atoms with Crippen LogP contribution in [0.1, 0.15) is 17.2 Å². The molecule has 1 atom stereocenters. The standard InChI is InChI=1S/C15H14Br2ClNO/c1-19-15(11-7-9(16)3-5-13(11)18)12-8-10(17)4-6-14(12)20-2/h3-8,15,19H,1-2H3. The number of ether oxygens (including phenoxy) is 1. The van der Waals surface area contributed by atoms with Crippen molar-refractivity contribution in [2.75, 3.05) is 14.2 Å². The maximum absolute atomic E-state index is 6.34. The highest BCUT2D eigenvalue weighted by molar-refractivity contribution is 9.10. The molecule has 5 heteroatoms. The predicted molar refractivity (Wildman–Crippen MR) is 90.7 cm³/mol. The lowest BCUT2D eigenvalue weighted by atomic mass is 9.98. The first-order chi connectivity index (χ1) is 9.56. The molecule has 0 aliphatic rings.